The minimum atomic E-state index is -3.87. The Kier molecular flexibility index (Phi) is 4.15. The van der Waals surface area contributed by atoms with Crippen LogP contribution in [0.3, 0.4) is 0 Å². The summed E-state index contributed by atoms with van der Waals surface area (Å²) in [6, 6.07) is 13.8. The van der Waals surface area contributed by atoms with Gasteiger partial charge >= 0.3 is 7.60 Å². The Balaban J connectivity index is 2.16. The SMILES string of the molecule is CC(OP(=O)(O)c1ccccc1)c1ccc(F)cc1. The topological polar surface area (TPSA) is 46.5 Å². The number of hydrogen-bond donors (Lipinski definition) is 1. The summed E-state index contributed by atoms with van der Waals surface area (Å²) in [5.74, 6) is -0.355. The van der Waals surface area contributed by atoms with E-state index in [2.05, 4.69) is 0 Å². The highest BCUT2D eigenvalue weighted by atomic mass is 31.2. The summed E-state index contributed by atoms with van der Waals surface area (Å²) < 4.78 is 30.2. The van der Waals surface area contributed by atoms with E-state index in [9.17, 15) is 13.8 Å². The molecule has 1 N–H and O–H groups in total. The van der Waals surface area contributed by atoms with E-state index in [0.29, 0.717) is 5.56 Å². The average Bonchev–Trinajstić information content (AvgIpc) is 2.40. The number of halogens is 1. The van der Waals surface area contributed by atoms with Gasteiger partial charge in [0, 0.05) is 0 Å². The predicted molar refractivity (Wildman–Crippen MR) is 71.8 cm³/mol. The molecule has 5 heteroatoms. The summed E-state index contributed by atoms with van der Waals surface area (Å²) >= 11 is 0. The maximum absolute atomic E-state index is 12.8. The van der Waals surface area contributed by atoms with Crippen LogP contribution in [0.15, 0.2) is 54.6 Å². The largest absolute Gasteiger partial charge is 0.359 e. The van der Waals surface area contributed by atoms with E-state index in [1.54, 1.807) is 25.1 Å². The van der Waals surface area contributed by atoms with Crippen LogP contribution >= 0.6 is 7.60 Å². The van der Waals surface area contributed by atoms with Gasteiger partial charge in [-0.1, -0.05) is 30.3 Å². The maximum atomic E-state index is 12.8. The van der Waals surface area contributed by atoms with Gasteiger partial charge in [0.05, 0.1) is 11.4 Å². The van der Waals surface area contributed by atoms with E-state index in [0.717, 1.165) is 0 Å². The highest BCUT2D eigenvalue weighted by molar-refractivity contribution is 7.61. The second-order valence-electron chi connectivity index (χ2n) is 4.16. The van der Waals surface area contributed by atoms with Gasteiger partial charge in [-0.15, -0.1) is 0 Å². The third-order valence-electron chi connectivity index (χ3n) is 2.72. The molecular weight excluding hydrogens is 266 g/mol. The van der Waals surface area contributed by atoms with Crippen molar-refractivity contribution in [2.75, 3.05) is 0 Å². The Hall–Kier alpha value is -1.48. The van der Waals surface area contributed by atoms with Crippen molar-refractivity contribution in [3.8, 4) is 0 Å². The smallest absolute Gasteiger partial charge is 0.321 e. The number of hydrogen-bond acceptors (Lipinski definition) is 2. The summed E-state index contributed by atoms with van der Waals surface area (Å²) in [5.41, 5.74) is 0.645. The molecule has 0 spiro atoms. The van der Waals surface area contributed by atoms with Crippen molar-refractivity contribution in [1.82, 2.24) is 0 Å². The fourth-order valence-corrected chi connectivity index (χ4v) is 2.91. The van der Waals surface area contributed by atoms with Gasteiger partial charge in [-0.2, -0.15) is 0 Å². The van der Waals surface area contributed by atoms with Crippen LogP contribution in [0.4, 0.5) is 4.39 Å². The fourth-order valence-electron chi connectivity index (χ4n) is 1.69. The molecule has 0 heterocycles. The average molecular weight is 280 g/mol. The summed E-state index contributed by atoms with van der Waals surface area (Å²) in [5, 5.41) is 0.240. The molecule has 0 fully saturated rings. The lowest BCUT2D eigenvalue weighted by molar-refractivity contribution is 0.199. The monoisotopic (exact) mass is 280 g/mol. The van der Waals surface area contributed by atoms with E-state index in [4.69, 9.17) is 4.52 Å². The van der Waals surface area contributed by atoms with E-state index in [1.165, 1.54) is 36.4 Å². The quantitative estimate of drug-likeness (QED) is 0.873. The molecule has 19 heavy (non-hydrogen) atoms. The molecule has 2 aromatic carbocycles. The Labute approximate surface area is 111 Å². The fraction of sp³-hybridized carbons (Fsp3) is 0.143. The van der Waals surface area contributed by atoms with Gasteiger partial charge in [-0.3, -0.25) is 9.09 Å². The van der Waals surface area contributed by atoms with Crippen LogP contribution in [0.25, 0.3) is 0 Å². The third-order valence-corrected chi connectivity index (χ3v) is 4.28. The lowest BCUT2D eigenvalue weighted by Gasteiger charge is -2.18. The molecule has 2 rings (SSSR count). The number of rotatable bonds is 4. The van der Waals surface area contributed by atoms with Gasteiger partial charge in [0.2, 0.25) is 0 Å². The standard InChI is InChI=1S/C14H14FO3P/c1-11(12-7-9-13(15)10-8-12)18-19(16,17)14-5-3-2-4-6-14/h2-11H,1H3,(H,16,17). The first-order valence-electron chi connectivity index (χ1n) is 5.81. The van der Waals surface area contributed by atoms with Gasteiger partial charge in [-0.25, -0.2) is 4.39 Å². The van der Waals surface area contributed by atoms with Crippen molar-refractivity contribution in [2.24, 2.45) is 0 Å². The van der Waals surface area contributed by atoms with Crippen LogP contribution in [0.5, 0.6) is 0 Å². The molecule has 100 valence electrons. The molecule has 0 saturated heterocycles. The lowest BCUT2D eigenvalue weighted by atomic mass is 10.1. The Morgan fingerprint density at radius 2 is 1.68 bits per heavy atom. The Morgan fingerprint density at radius 3 is 2.26 bits per heavy atom. The van der Waals surface area contributed by atoms with Crippen molar-refractivity contribution in [3.63, 3.8) is 0 Å². The van der Waals surface area contributed by atoms with Crippen molar-refractivity contribution < 1.29 is 18.4 Å². The van der Waals surface area contributed by atoms with Gasteiger partial charge in [0.1, 0.15) is 5.82 Å². The summed E-state index contributed by atoms with van der Waals surface area (Å²) in [4.78, 5) is 9.93. The van der Waals surface area contributed by atoms with Gasteiger partial charge in [0.15, 0.2) is 0 Å². The van der Waals surface area contributed by atoms with Crippen LogP contribution in [-0.2, 0) is 9.09 Å². The molecule has 0 bridgehead atoms. The molecule has 0 amide bonds. The summed E-state index contributed by atoms with van der Waals surface area (Å²) in [6.45, 7) is 1.65. The van der Waals surface area contributed by atoms with Crippen LogP contribution < -0.4 is 5.30 Å². The molecule has 0 aromatic heterocycles. The second-order valence-corrected chi connectivity index (χ2v) is 5.92. The lowest BCUT2D eigenvalue weighted by Crippen LogP contribution is -2.09. The molecule has 0 saturated carbocycles. The summed E-state index contributed by atoms with van der Waals surface area (Å²) in [6.07, 6.45) is -0.600. The van der Waals surface area contributed by atoms with E-state index >= 15 is 0 Å². The molecule has 2 atom stereocenters. The van der Waals surface area contributed by atoms with E-state index in [1.807, 2.05) is 0 Å². The zero-order valence-electron chi connectivity index (χ0n) is 10.4. The normalized spacial score (nSPS) is 15.7. The Morgan fingerprint density at radius 1 is 1.11 bits per heavy atom. The molecule has 2 unspecified atom stereocenters. The Bertz CT molecular complexity index is 583. The highest BCUT2D eigenvalue weighted by Gasteiger charge is 2.25. The van der Waals surface area contributed by atoms with Crippen molar-refractivity contribution in [1.29, 1.82) is 0 Å². The van der Waals surface area contributed by atoms with Crippen LogP contribution in [-0.4, -0.2) is 4.89 Å². The molecule has 0 aliphatic carbocycles. The molecule has 0 radical (unpaired) electrons. The zero-order valence-corrected chi connectivity index (χ0v) is 11.3. The minimum Gasteiger partial charge on any atom is -0.321 e. The number of benzene rings is 2. The van der Waals surface area contributed by atoms with Crippen LogP contribution in [0, 0.1) is 5.82 Å². The first-order valence-corrected chi connectivity index (χ1v) is 7.39. The van der Waals surface area contributed by atoms with Gasteiger partial charge in [-0.05, 0) is 36.8 Å². The molecule has 0 aliphatic heterocycles. The van der Waals surface area contributed by atoms with Crippen molar-refractivity contribution >= 4 is 12.9 Å². The second kappa shape index (κ2) is 5.66. The maximum Gasteiger partial charge on any atom is 0.359 e. The van der Waals surface area contributed by atoms with Crippen molar-refractivity contribution in [3.05, 3.63) is 66.0 Å². The van der Waals surface area contributed by atoms with E-state index in [-0.39, 0.29) is 11.1 Å². The molecular formula is C14H14FO3P. The zero-order chi connectivity index (χ0) is 13.9. The first-order chi connectivity index (χ1) is 8.99. The summed E-state index contributed by atoms with van der Waals surface area (Å²) in [7, 11) is -3.87. The third kappa shape index (κ3) is 3.51. The highest BCUT2D eigenvalue weighted by Crippen LogP contribution is 2.45. The van der Waals surface area contributed by atoms with Crippen LogP contribution in [0.1, 0.15) is 18.6 Å². The first kappa shape index (κ1) is 13.9. The molecule has 0 aliphatic rings. The molecule has 2 aromatic rings. The van der Waals surface area contributed by atoms with Gasteiger partial charge < -0.3 is 4.89 Å². The van der Waals surface area contributed by atoms with E-state index < -0.39 is 13.7 Å². The minimum absolute atomic E-state index is 0.240. The predicted octanol–water partition coefficient (Wildman–Crippen LogP) is 3.41. The van der Waals surface area contributed by atoms with Gasteiger partial charge in [0.25, 0.3) is 0 Å². The molecule has 3 nitrogen and oxygen atoms in total. The van der Waals surface area contributed by atoms with Crippen molar-refractivity contribution in [2.45, 2.75) is 13.0 Å². The van der Waals surface area contributed by atoms with Crippen LogP contribution in [0.2, 0.25) is 0 Å².